The number of fused-ring (bicyclic) bond motifs is 1. The molecule has 0 amide bonds. The molecule has 0 saturated heterocycles. The van der Waals surface area contributed by atoms with Gasteiger partial charge < -0.3 is 0 Å². The van der Waals surface area contributed by atoms with Crippen molar-refractivity contribution in [3.8, 4) is 0 Å². The predicted octanol–water partition coefficient (Wildman–Crippen LogP) is 4.86. The molecule has 1 heterocycles. The molecule has 0 aliphatic heterocycles. The van der Waals surface area contributed by atoms with Crippen molar-refractivity contribution in [3.05, 3.63) is 69.9 Å². The number of halogens is 3. The van der Waals surface area contributed by atoms with Gasteiger partial charge in [-0.3, -0.25) is 4.79 Å². The minimum Gasteiger partial charge on any atom is -0.288 e. The minimum absolute atomic E-state index is 0.141. The smallest absolute Gasteiger partial charge is 0.206 e. The molecule has 0 spiro atoms. The van der Waals surface area contributed by atoms with Crippen molar-refractivity contribution in [1.82, 2.24) is 0 Å². The zero-order chi connectivity index (χ0) is 15.1. The first kappa shape index (κ1) is 13.8. The third-order valence-electron chi connectivity index (χ3n) is 3.20. The van der Waals surface area contributed by atoms with Crippen LogP contribution in [0.2, 0.25) is 0 Å². The molecule has 0 fully saturated rings. The summed E-state index contributed by atoms with van der Waals surface area (Å²) in [6, 6.07) is 7.59. The van der Waals surface area contributed by atoms with Gasteiger partial charge in [0.25, 0.3) is 0 Å². The van der Waals surface area contributed by atoms with Crippen LogP contribution in [0.25, 0.3) is 10.1 Å². The summed E-state index contributed by atoms with van der Waals surface area (Å²) in [6.07, 6.45) is 0. The number of aryl methyl sites for hydroxylation is 1. The lowest BCUT2D eigenvalue weighted by molar-refractivity contribution is 0.103. The molecule has 0 atom stereocenters. The summed E-state index contributed by atoms with van der Waals surface area (Å²) in [6.45, 7) is 1.43. The summed E-state index contributed by atoms with van der Waals surface area (Å²) in [5.41, 5.74) is -0.174. The van der Waals surface area contributed by atoms with Gasteiger partial charge in [0.15, 0.2) is 0 Å². The molecule has 106 valence electrons. The Morgan fingerprint density at radius 3 is 2.52 bits per heavy atom. The van der Waals surface area contributed by atoms with Gasteiger partial charge in [-0.05, 0) is 48.2 Å². The number of carbonyl (C=O) groups is 1. The van der Waals surface area contributed by atoms with E-state index in [9.17, 15) is 18.0 Å². The second kappa shape index (κ2) is 5.00. The van der Waals surface area contributed by atoms with Crippen LogP contribution in [-0.4, -0.2) is 5.78 Å². The van der Waals surface area contributed by atoms with Crippen LogP contribution in [-0.2, 0) is 0 Å². The molecule has 2 aromatic carbocycles. The van der Waals surface area contributed by atoms with E-state index in [1.54, 1.807) is 12.1 Å². The highest BCUT2D eigenvalue weighted by Gasteiger charge is 2.18. The Morgan fingerprint density at radius 2 is 1.76 bits per heavy atom. The fraction of sp³-hybridized carbons (Fsp3) is 0.0625. The van der Waals surface area contributed by atoms with E-state index in [1.165, 1.54) is 19.1 Å². The van der Waals surface area contributed by atoms with Gasteiger partial charge in [-0.15, -0.1) is 11.3 Å². The molecule has 5 heteroatoms. The second-order valence-corrected chi connectivity index (χ2v) is 5.79. The molecule has 0 aliphatic rings. The first-order chi connectivity index (χ1) is 9.95. The maximum Gasteiger partial charge on any atom is 0.206 e. The van der Waals surface area contributed by atoms with Gasteiger partial charge in [0.1, 0.15) is 17.5 Å². The molecule has 0 unspecified atom stereocenters. The Labute approximate surface area is 122 Å². The highest BCUT2D eigenvalue weighted by atomic mass is 32.1. The maximum absolute atomic E-state index is 13.8. The average Bonchev–Trinajstić information content (AvgIpc) is 2.85. The summed E-state index contributed by atoms with van der Waals surface area (Å²) in [5, 5.41) is 0.692. The van der Waals surface area contributed by atoms with Gasteiger partial charge in [-0.1, -0.05) is 6.07 Å². The molecule has 21 heavy (non-hydrogen) atoms. The van der Waals surface area contributed by atoms with Gasteiger partial charge in [0.05, 0.1) is 10.4 Å². The Morgan fingerprint density at radius 1 is 1.00 bits per heavy atom. The van der Waals surface area contributed by atoms with E-state index in [0.29, 0.717) is 10.1 Å². The van der Waals surface area contributed by atoms with Crippen LogP contribution >= 0.6 is 11.3 Å². The van der Waals surface area contributed by atoms with Gasteiger partial charge in [0.2, 0.25) is 5.78 Å². The maximum atomic E-state index is 13.8. The van der Waals surface area contributed by atoms with Gasteiger partial charge in [0, 0.05) is 4.70 Å². The average molecular weight is 306 g/mol. The largest absolute Gasteiger partial charge is 0.288 e. The zero-order valence-electron chi connectivity index (χ0n) is 10.9. The zero-order valence-corrected chi connectivity index (χ0v) is 11.7. The highest BCUT2D eigenvalue weighted by Crippen LogP contribution is 2.29. The minimum atomic E-state index is -0.762. The molecule has 3 aromatic rings. The topological polar surface area (TPSA) is 17.1 Å². The van der Waals surface area contributed by atoms with Crippen LogP contribution < -0.4 is 0 Å². The van der Waals surface area contributed by atoms with Crippen molar-refractivity contribution < 1.29 is 18.0 Å². The van der Waals surface area contributed by atoms with Crippen molar-refractivity contribution in [2.45, 2.75) is 6.92 Å². The number of rotatable bonds is 2. The predicted molar refractivity (Wildman–Crippen MR) is 76.3 cm³/mol. The van der Waals surface area contributed by atoms with Crippen LogP contribution in [0.4, 0.5) is 13.2 Å². The Kier molecular flexibility index (Phi) is 3.29. The monoisotopic (exact) mass is 306 g/mol. The van der Waals surface area contributed by atoms with Crippen molar-refractivity contribution in [2.75, 3.05) is 0 Å². The second-order valence-electron chi connectivity index (χ2n) is 4.70. The fourth-order valence-electron chi connectivity index (χ4n) is 2.07. The lowest BCUT2D eigenvalue weighted by atomic mass is 10.1. The Hall–Kier alpha value is -2.14. The molecule has 0 saturated carbocycles. The summed E-state index contributed by atoms with van der Waals surface area (Å²) >= 11 is 1.05. The van der Waals surface area contributed by atoms with E-state index >= 15 is 0 Å². The quantitative estimate of drug-likeness (QED) is 0.618. The van der Waals surface area contributed by atoms with Crippen molar-refractivity contribution in [2.24, 2.45) is 0 Å². The number of hydrogen-bond acceptors (Lipinski definition) is 2. The molecule has 0 bridgehead atoms. The molecular formula is C16H9F3OS. The molecule has 0 N–H and O–H groups in total. The SMILES string of the molecule is Cc1cc(F)c(C(=O)c2cc3ccc(F)cc3s2)cc1F. The van der Waals surface area contributed by atoms with Crippen LogP contribution in [0.3, 0.4) is 0 Å². The van der Waals surface area contributed by atoms with Crippen molar-refractivity contribution in [3.63, 3.8) is 0 Å². The van der Waals surface area contributed by atoms with Gasteiger partial charge in [-0.2, -0.15) is 0 Å². The molecule has 3 rings (SSSR count). The number of benzene rings is 2. The fourth-order valence-corrected chi connectivity index (χ4v) is 3.11. The first-order valence-corrected chi connectivity index (χ1v) is 6.97. The molecule has 0 aliphatic carbocycles. The van der Waals surface area contributed by atoms with Gasteiger partial charge in [-0.25, -0.2) is 13.2 Å². The van der Waals surface area contributed by atoms with Crippen LogP contribution in [0.5, 0.6) is 0 Å². The normalized spacial score (nSPS) is 11.0. The van der Waals surface area contributed by atoms with E-state index in [4.69, 9.17) is 0 Å². The molecular weight excluding hydrogens is 297 g/mol. The third kappa shape index (κ3) is 2.45. The van der Waals surface area contributed by atoms with Crippen LogP contribution in [0, 0.1) is 24.4 Å². The first-order valence-electron chi connectivity index (χ1n) is 6.15. The Balaban J connectivity index is 2.10. The van der Waals surface area contributed by atoms with E-state index in [1.807, 2.05) is 0 Å². The van der Waals surface area contributed by atoms with E-state index < -0.39 is 23.2 Å². The van der Waals surface area contributed by atoms with Crippen LogP contribution in [0.1, 0.15) is 20.8 Å². The van der Waals surface area contributed by atoms with E-state index in [0.717, 1.165) is 23.5 Å². The lowest BCUT2D eigenvalue weighted by Crippen LogP contribution is -2.04. The summed E-state index contributed by atoms with van der Waals surface area (Å²) in [4.78, 5) is 12.5. The van der Waals surface area contributed by atoms with Gasteiger partial charge >= 0.3 is 0 Å². The molecule has 0 radical (unpaired) electrons. The van der Waals surface area contributed by atoms with Crippen molar-refractivity contribution in [1.29, 1.82) is 0 Å². The number of carbonyl (C=O) groups excluding carboxylic acids is 1. The third-order valence-corrected chi connectivity index (χ3v) is 4.30. The van der Waals surface area contributed by atoms with E-state index in [-0.39, 0.29) is 16.0 Å². The highest BCUT2D eigenvalue weighted by molar-refractivity contribution is 7.21. The Bertz CT molecular complexity index is 867. The summed E-state index contributed by atoms with van der Waals surface area (Å²) < 4.78 is 41.1. The number of thiophene rings is 1. The standard InChI is InChI=1S/C16H9F3OS/c1-8-4-13(19)11(7-12(8)18)16(20)15-5-9-2-3-10(17)6-14(9)21-15/h2-7H,1H3. The van der Waals surface area contributed by atoms with Crippen molar-refractivity contribution >= 4 is 27.2 Å². The number of hydrogen-bond donors (Lipinski definition) is 0. The summed E-state index contributed by atoms with van der Waals surface area (Å²) in [5.74, 6) is -2.40. The number of ketones is 1. The summed E-state index contributed by atoms with van der Waals surface area (Å²) in [7, 11) is 0. The molecule has 1 aromatic heterocycles. The van der Waals surface area contributed by atoms with E-state index in [2.05, 4.69) is 0 Å². The molecule has 1 nitrogen and oxygen atoms in total. The lowest BCUT2D eigenvalue weighted by Gasteiger charge is -2.03. The van der Waals surface area contributed by atoms with Crippen LogP contribution in [0.15, 0.2) is 36.4 Å².